The SMILES string of the molecule is Cc1cc(C(=O)N(C)C[C@H]2Cc3ccccc3CN2C)nc(C)n1. The number of aromatic nitrogens is 2. The number of likely N-dealkylation sites (N-methyl/N-ethyl adjacent to an activating group) is 2. The fraction of sp³-hybridized carbons (Fsp3) is 0.421. The first kappa shape index (κ1) is 16.6. The standard InChI is InChI=1S/C19H24N4O/c1-13-9-18(21-14(2)20-13)19(24)23(4)12-17-10-15-7-5-6-8-16(15)11-22(17)3/h5-9,17H,10-12H2,1-4H3/t17-/m1/s1. The molecule has 3 rings (SSSR count). The summed E-state index contributed by atoms with van der Waals surface area (Å²) < 4.78 is 0. The van der Waals surface area contributed by atoms with Crippen molar-refractivity contribution in [1.29, 1.82) is 0 Å². The van der Waals surface area contributed by atoms with Crippen molar-refractivity contribution < 1.29 is 4.79 Å². The molecule has 0 saturated heterocycles. The molecule has 0 fully saturated rings. The molecule has 0 spiro atoms. The summed E-state index contributed by atoms with van der Waals surface area (Å²) in [7, 11) is 3.97. The van der Waals surface area contributed by atoms with Crippen molar-refractivity contribution in [3.05, 3.63) is 58.7 Å². The summed E-state index contributed by atoms with van der Waals surface area (Å²) in [6.45, 7) is 5.31. The van der Waals surface area contributed by atoms with E-state index in [-0.39, 0.29) is 5.91 Å². The van der Waals surface area contributed by atoms with Crippen LogP contribution in [0.3, 0.4) is 0 Å². The lowest BCUT2D eigenvalue weighted by Gasteiger charge is -2.36. The van der Waals surface area contributed by atoms with Crippen LogP contribution in [0.15, 0.2) is 30.3 Å². The molecule has 0 N–H and O–H groups in total. The Bertz CT molecular complexity index is 739. The minimum absolute atomic E-state index is 0.0455. The van der Waals surface area contributed by atoms with E-state index in [2.05, 4.69) is 46.2 Å². The van der Waals surface area contributed by atoms with Crippen molar-refractivity contribution in [1.82, 2.24) is 19.8 Å². The number of hydrogen-bond acceptors (Lipinski definition) is 4. The summed E-state index contributed by atoms with van der Waals surface area (Å²) >= 11 is 0. The Labute approximate surface area is 143 Å². The molecule has 1 amide bonds. The number of hydrogen-bond donors (Lipinski definition) is 0. The smallest absolute Gasteiger partial charge is 0.272 e. The highest BCUT2D eigenvalue weighted by atomic mass is 16.2. The Balaban J connectivity index is 1.72. The number of carbonyl (C=O) groups is 1. The van der Waals surface area contributed by atoms with E-state index in [4.69, 9.17) is 0 Å². The minimum Gasteiger partial charge on any atom is -0.339 e. The van der Waals surface area contributed by atoms with E-state index >= 15 is 0 Å². The summed E-state index contributed by atoms with van der Waals surface area (Å²) in [6, 6.07) is 10.6. The summed E-state index contributed by atoms with van der Waals surface area (Å²) in [5, 5.41) is 0. The van der Waals surface area contributed by atoms with Crippen LogP contribution in [0.1, 0.15) is 33.1 Å². The Kier molecular flexibility index (Phi) is 4.62. The van der Waals surface area contributed by atoms with Gasteiger partial charge in [-0.3, -0.25) is 9.69 Å². The number of benzene rings is 1. The molecule has 2 heterocycles. The quantitative estimate of drug-likeness (QED) is 0.869. The molecule has 0 aliphatic carbocycles. The van der Waals surface area contributed by atoms with Crippen molar-refractivity contribution in [2.75, 3.05) is 20.6 Å². The molecule has 0 bridgehead atoms. The van der Waals surface area contributed by atoms with Gasteiger partial charge in [0, 0.05) is 31.9 Å². The van der Waals surface area contributed by atoms with E-state index in [1.54, 1.807) is 11.0 Å². The van der Waals surface area contributed by atoms with Crippen LogP contribution < -0.4 is 0 Å². The first-order valence-electron chi connectivity index (χ1n) is 8.29. The van der Waals surface area contributed by atoms with Gasteiger partial charge in [-0.2, -0.15) is 0 Å². The zero-order valence-electron chi connectivity index (χ0n) is 14.8. The number of nitrogens with zero attached hydrogens (tertiary/aromatic N) is 4. The van der Waals surface area contributed by atoms with Gasteiger partial charge >= 0.3 is 0 Å². The number of fused-ring (bicyclic) bond motifs is 1. The van der Waals surface area contributed by atoms with E-state index in [1.165, 1.54) is 11.1 Å². The lowest BCUT2D eigenvalue weighted by atomic mass is 9.94. The average Bonchev–Trinajstić information content (AvgIpc) is 2.53. The van der Waals surface area contributed by atoms with Gasteiger partial charge in [0.25, 0.3) is 5.91 Å². The van der Waals surface area contributed by atoms with Gasteiger partial charge in [0.1, 0.15) is 11.5 Å². The van der Waals surface area contributed by atoms with Crippen molar-refractivity contribution in [2.24, 2.45) is 0 Å². The monoisotopic (exact) mass is 324 g/mol. The summed E-state index contributed by atoms with van der Waals surface area (Å²) in [6.07, 6.45) is 0.964. The van der Waals surface area contributed by atoms with Crippen LogP contribution in [0.2, 0.25) is 0 Å². The second-order valence-corrected chi connectivity index (χ2v) is 6.67. The van der Waals surface area contributed by atoms with Crippen molar-refractivity contribution in [2.45, 2.75) is 32.9 Å². The Morgan fingerprint density at radius 2 is 1.96 bits per heavy atom. The first-order chi connectivity index (χ1) is 11.4. The molecule has 0 radical (unpaired) electrons. The van der Waals surface area contributed by atoms with Crippen LogP contribution in [-0.2, 0) is 13.0 Å². The zero-order chi connectivity index (χ0) is 17.3. The Hall–Kier alpha value is -2.27. The Morgan fingerprint density at radius 3 is 2.67 bits per heavy atom. The molecule has 5 heteroatoms. The number of amides is 1. The van der Waals surface area contributed by atoms with Crippen LogP contribution in [0.4, 0.5) is 0 Å². The molecule has 126 valence electrons. The van der Waals surface area contributed by atoms with E-state index < -0.39 is 0 Å². The predicted octanol–water partition coefficient (Wildman–Crippen LogP) is 2.22. The third kappa shape index (κ3) is 3.46. The minimum atomic E-state index is -0.0455. The summed E-state index contributed by atoms with van der Waals surface area (Å²) in [5.74, 6) is 0.589. The molecule has 1 aliphatic heterocycles. The van der Waals surface area contributed by atoms with Crippen molar-refractivity contribution in [3.63, 3.8) is 0 Å². The van der Waals surface area contributed by atoms with Crippen LogP contribution >= 0.6 is 0 Å². The maximum absolute atomic E-state index is 12.7. The van der Waals surface area contributed by atoms with Crippen LogP contribution in [0.25, 0.3) is 0 Å². The molecule has 5 nitrogen and oxygen atoms in total. The molecular weight excluding hydrogens is 300 g/mol. The fourth-order valence-corrected chi connectivity index (χ4v) is 3.34. The van der Waals surface area contributed by atoms with Gasteiger partial charge in [0.2, 0.25) is 0 Å². The van der Waals surface area contributed by atoms with E-state index in [9.17, 15) is 4.79 Å². The lowest BCUT2D eigenvalue weighted by Crippen LogP contribution is -2.46. The largest absolute Gasteiger partial charge is 0.339 e. The van der Waals surface area contributed by atoms with Gasteiger partial charge in [-0.25, -0.2) is 9.97 Å². The highest BCUT2D eigenvalue weighted by Crippen LogP contribution is 2.22. The van der Waals surface area contributed by atoms with Crippen molar-refractivity contribution >= 4 is 5.91 Å². The van der Waals surface area contributed by atoms with Crippen molar-refractivity contribution in [3.8, 4) is 0 Å². The fourth-order valence-electron chi connectivity index (χ4n) is 3.34. The molecule has 1 aromatic heterocycles. The van der Waals surface area contributed by atoms with Crippen LogP contribution in [-0.4, -0.2) is 52.4 Å². The van der Waals surface area contributed by atoms with E-state index in [0.29, 0.717) is 24.1 Å². The average molecular weight is 324 g/mol. The van der Waals surface area contributed by atoms with Crippen LogP contribution in [0, 0.1) is 13.8 Å². The maximum atomic E-state index is 12.7. The maximum Gasteiger partial charge on any atom is 0.272 e. The highest BCUT2D eigenvalue weighted by Gasteiger charge is 2.26. The van der Waals surface area contributed by atoms with Gasteiger partial charge in [-0.15, -0.1) is 0 Å². The summed E-state index contributed by atoms with van der Waals surface area (Å²) in [4.78, 5) is 25.3. The third-order valence-electron chi connectivity index (χ3n) is 4.63. The molecule has 2 aromatic rings. The lowest BCUT2D eigenvalue weighted by molar-refractivity contribution is 0.0727. The topological polar surface area (TPSA) is 49.3 Å². The third-order valence-corrected chi connectivity index (χ3v) is 4.63. The van der Waals surface area contributed by atoms with Gasteiger partial charge < -0.3 is 4.90 Å². The van der Waals surface area contributed by atoms with Gasteiger partial charge in [-0.05, 0) is 44.5 Å². The number of rotatable bonds is 3. The molecule has 1 aliphatic rings. The number of aryl methyl sites for hydroxylation is 2. The normalized spacial score (nSPS) is 17.4. The predicted molar refractivity (Wildman–Crippen MR) is 93.9 cm³/mol. The molecular formula is C19H24N4O. The van der Waals surface area contributed by atoms with Gasteiger partial charge in [0.15, 0.2) is 0 Å². The molecule has 0 unspecified atom stereocenters. The number of carbonyl (C=O) groups excluding carboxylic acids is 1. The van der Waals surface area contributed by atoms with Gasteiger partial charge in [0.05, 0.1) is 0 Å². The molecule has 1 aromatic carbocycles. The highest BCUT2D eigenvalue weighted by molar-refractivity contribution is 5.92. The molecule has 24 heavy (non-hydrogen) atoms. The Morgan fingerprint density at radius 1 is 1.25 bits per heavy atom. The van der Waals surface area contributed by atoms with Gasteiger partial charge in [-0.1, -0.05) is 24.3 Å². The zero-order valence-corrected chi connectivity index (χ0v) is 14.8. The second-order valence-electron chi connectivity index (χ2n) is 6.67. The van der Waals surface area contributed by atoms with Crippen LogP contribution in [0.5, 0.6) is 0 Å². The molecule has 0 saturated carbocycles. The molecule has 1 atom stereocenters. The first-order valence-corrected chi connectivity index (χ1v) is 8.29. The van der Waals surface area contributed by atoms with E-state index in [0.717, 1.165) is 18.7 Å². The second kappa shape index (κ2) is 6.69. The summed E-state index contributed by atoms with van der Waals surface area (Å²) in [5.41, 5.74) is 4.06. The van der Waals surface area contributed by atoms with E-state index in [1.807, 2.05) is 20.9 Å².